The van der Waals surface area contributed by atoms with Crippen molar-refractivity contribution >= 4 is 17.7 Å². The molecule has 50 valence electrons. The first kappa shape index (κ1) is 9.82. The molecule has 0 unspecified atom stereocenters. The Morgan fingerprint density at radius 2 is 1.00 bits per heavy atom. The number of aryl methyl sites for hydroxylation is 2. The maximum atomic E-state index is 2.12. The van der Waals surface area contributed by atoms with E-state index < -0.39 is 0 Å². The van der Waals surface area contributed by atoms with E-state index in [0.29, 0.717) is 0 Å². The Hall–Kier alpha value is -0.183. The molecule has 0 fully saturated rings. The SMILES string of the molecule is Cc1ccc(C)cc1.[Li][CH3]. The molecule has 0 atom stereocenters. The first-order valence-corrected chi connectivity index (χ1v) is 3.82. The van der Waals surface area contributed by atoms with E-state index in [2.05, 4.69) is 38.1 Å². The molecule has 0 radical (unpaired) electrons. The van der Waals surface area contributed by atoms with Crippen molar-refractivity contribution in [2.75, 3.05) is 0 Å². The van der Waals surface area contributed by atoms with Crippen LogP contribution in [0.1, 0.15) is 11.1 Å². The van der Waals surface area contributed by atoms with Crippen molar-refractivity contribution in [2.24, 2.45) is 0 Å². The summed E-state index contributed by atoms with van der Waals surface area (Å²) in [6.45, 7) is 4.19. The van der Waals surface area contributed by atoms with E-state index in [0.717, 1.165) is 0 Å². The van der Waals surface area contributed by atoms with Gasteiger partial charge in [0, 0.05) is 0 Å². The fourth-order valence-electron chi connectivity index (χ4n) is 0.637. The van der Waals surface area contributed by atoms with Gasteiger partial charge in [-0.2, -0.15) is 0 Å². The predicted molar refractivity (Wildman–Crippen MR) is 47.5 cm³/mol. The molecule has 0 aliphatic heterocycles. The van der Waals surface area contributed by atoms with Gasteiger partial charge in [-0.25, -0.2) is 0 Å². The zero-order valence-corrected chi connectivity index (χ0v) is 7.31. The summed E-state index contributed by atoms with van der Waals surface area (Å²) in [5, 5.41) is 0. The van der Waals surface area contributed by atoms with Gasteiger partial charge < -0.3 is 0 Å². The predicted octanol–water partition coefficient (Wildman–Crippen LogP) is 2.51. The Labute approximate surface area is 72.9 Å². The summed E-state index contributed by atoms with van der Waals surface area (Å²) >= 11 is 2.00. The van der Waals surface area contributed by atoms with Gasteiger partial charge in [0.25, 0.3) is 0 Å². The van der Waals surface area contributed by atoms with Gasteiger partial charge in [0.15, 0.2) is 0 Å². The van der Waals surface area contributed by atoms with Gasteiger partial charge >= 0.3 is 23.3 Å². The summed E-state index contributed by atoms with van der Waals surface area (Å²) in [4.78, 5) is 0. The van der Waals surface area contributed by atoms with Crippen molar-refractivity contribution in [3.63, 3.8) is 0 Å². The van der Waals surface area contributed by atoms with E-state index in [1.807, 2.05) is 23.3 Å². The first-order chi connectivity index (χ1) is 4.79. The molecule has 0 saturated heterocycles. The monoisotopic (exact) mass is 128 g/mol. The van der Waals surface area contributed by atoms with Crippen LogP contribution in [0.3, 0.4) is 0 Å². The van der Waals surface area contributed by atoms with Crippen molar-refractivity contribution < 1.29 is 0 Å². The molecule has 0 amide bonds. The molecular formula is C9H13Li. The van der Waals surface area contributed by atoms with Gasteiger partial charge in [-0.05, 0) is 13.8 Å². The van der Waals surface area contributed by atoms with E-state index in [9.17, 15) is 0 Å². The first-order valence-electron chi connectivity index (χ1n) is 3.82. The second-order valence-electron chi connectivity index (χ2n) is 2.15. The summed E-state index contributed by atoms with van der Waals surface area (Å²) in [6, 6.07) is 8.48. The molecule has 0 aromatic heterocycles. The fraction of sp³-hybridized carbons (Fsp3) is 0.333. The molecule has 0 heterocycles. The Kier molecular flexibility index (Phi) is 5.49. The van der Waals surface area contributed by atoms with E-state index in [-0.39, 0.29) is 0 Å². The number of benzene rings is 1. The maximum absolute atomic E-state index is 2.12. The number of hydrogen-bond acceptors (Lipinski definition) is 0. The van der Waals surface area contributed by atoms with Crippen LogP contribution in [0.2, 0.25) is 5.60 Å². The van der Waals surface area contributed by atoms with Gasteiger partial charge in [-0.15, -0.1) is 0 Å². The van der Waals surface area contributed by atoms with Crippen LogP contribution in [-0.2, 0) is 0 Å². The summed E-state index contributed by atoms with van der Waals surface area (Å²) in [6.07, 6.45) is 0. The summed E-state index contributed by atoms with van der Waals surface area (Å²) < 4.78 is 0. The van der Waals surface area contributed by atoms with Crippen molar-refractivity contribution in [1.82, 2.24) is 0 Å². The van der Waals surface area contributed by atoms with Crippen LogP contribution in [0, 0.1) is 13.8 Å². The normalized spacial score (nSPS) is 8.10. The van der Waals surface area contributed by atoms with Gasteiger partial charge in [0.05, 0.1) is 0 Å². The molecule has 0 bridgehead atoms. The fourth-order valence-corrected chi connectivity index (χ4v) is 0.637. The average Bonchev–Trinajstić information content (AvgIpc) is 2.00. The van der Waals surface area contributed by atoms with Crippen LogP contribution in [0.5, 0.6) is 0 Å². The van der Waals surface area contributed by atoms with E-state index in [4.69, 9.17) is 0 Å². The van der Waals surface area contributed by atoms with E-state index in [1.165, 1.54) is 11.1 Å². The Morgan fingerprint density at radius 1 is 0.800 bits per heavy atom. The Balaban J connectivity index is 0.000000371. The van der Waals surface area contributed by atoms with Crippen LogP contribution >= 0.6 is 0 Å². The molecule has 0 nitrogen and oxygen atoms in total. The molecule has 0 spiro atoms. The third-order valence-electron chi connectivity index (χ3n) is 1.22. The summed E-state index contributed by atoms with van der Waals surface area (Å²) in [7, 11) is 0. The molecule has 0 aliphatic rings. The third kappa shape index (κ3) is 3.77. The van der Waals surface area contributed by atoms with E-state index in [1.54, 1.807) is 0 Å². The minimum atomic E-state index is 1.33. The van der Waals surface area contributed by atoms with Crippen molar-refractivity contribution in [3.05, 3.63) is 35.4 Å². The summed E-state index contributed by atoms with van der Waals surface area (Å²) in [5.74, 6) is 0. The standard InChI is InChI=1S/C8H10.CH3.Li/c1-7-3-5-8(2)6-4-7;;/h3-6H,1-2H3;1H3;. The summed E-state index contributed by atoms with van der Waals surface area (Å²) in [5.41, 5.74) is 4.66. The van der Waals surface area contributed by atoms with Gasteiger partial charge in [-0.1, -0.05) is 35.4 Å². The van der Waals surface area contributed by atoms with Crippen LogP contribution in [0.25, 0.3) is 0 Å². The molecular weight excluding hydrogens is 115 g/mol. The second kappa shape index (κ2) is 5.59. The number of hydrogen-bond donors (Lipinski definition) is 0. The van der Waals surface area contributed by atoms with Crippen LogP contribution in [-0.4, -0.2) is 17.7 Å². The molecule has 0 N–H and O–H groups in total. The third-order valence-corrected chi connectivity index (χ3v) is 1.22. The molecule has 0 aliphatic carbocycles. The van der Waals surface area contributed by atoms with Gasteiger partial charge in [-0.3, -0.25) is 0 Å². The Bertz CT molecular complexity index is 144. The topological polar surface area (TPSA) is 0 Å². The number of rotatable bonds is 0. The molecule has 1 aromatic rings. The van der Waals surface area contributed by atoms with Crippen LogP contribution in [0.4, 0.5) is 0 Å². The van der Waals surface area contributed by atoms with Crippen molar-refractivity contribution in [3.8, 4) is 0 Å². The van der Waals surface area contributed by atoms with Crippen LogP contribution < -0.4 is 0 Å². The van der Waals surface area contributed by atoms with E-state index >= 15 is 0 Å². The molecule has 1 heteroatoms. The minimum absolute atomic E-state index is 1.33. The zero-order valence-electron chi connectivity index (χ0n) is 7.31. The van der Waals surface area contributed by atoms with Crippen LogP contribution in [0.15, 0.2) is 24.3 Å². The molecule has 1 aromatic carbocycles. The van der Waals surface area contributed by atoms with Crippen molar-refractivity contribution in [1.29, 1.82) is 0 Å². The zero-order chi connectivity index (χ0) is 7.98. The van der Waals surface area contributed by atoms with Gasteiger partial charge in [0.1, 0.15) is 0 Å². The average molecular weight is 128 g/mol. The molecule has 1 rings (SSSR count). The second-order valence-corrected chi connectivity index (χ2v) is 2.15. The van der Waals surface area contributed by atoms with Gasteiger partial charge in [0.2, 0.25) is 0 Å². The quantitative estimate of drug-likeness (QED) is 0.471. The molecule has 10 heavy (non-hydrogen) atoms. The Morgan fingerprint density at radius 3 is 1.20 bits per heavy atom. The molecule has 0 saturated carbocycles. The van der Waals surface area contributed by atoms with Crippen molar-refractivity contribution in [2.45, 2.75) is 19.4 Å².